The first-order valence-electron chi connectivity index (χ1n) is 7.47. The van der Waals surface area contributed by atoms with Crippen LogP contribution in [0.5, 0.6) is 0 Å². The molecule has 10 heteroatoms. The van der Waals surface area contributed by atoms with Crippen LogP contribution in [0.4, 0.5) is 0 Å². The van der Waals surface area contributed by atoms with E-state index in [1.807, 2.05) is 0 Å². The molecule has 1 aliphatic rings. The predicted octanol–water partition coefficient (Wildman–Crippen LogP) is -1.70. The molecule has 0 radical (unpaired) electrons. The van der Waals surface area contributed by atoms with Gasteiger partial charge in [0.1, 0.15) is 18.3 Å². The van der Waals surface area contributed by atoms with Gasteiger partial charge in [-0.25, -0.2) is 14.4 Å². The SMILES string of the molecule is Cc1cn2c(=O)c3ncn([C@H]4O[C@@H](CO)[C@@H](O)[C@@H]4O)c3n(C)c2n1. The number of imidazole rings is 2. The molecule has 0 aliphatic carbocycles. The van der Waals surface area contributed by atoms with Gasteiger partial charge in [-0.1, -0.05) is 0 Å². The lowest BCUT2D eigenvalue weighted by molar-refractivity contribution is -0.0512. The zero-order valence-electron chi connectivity index (χ0n) is 13.1. The minimum atomic E-state index is -1.26. The van der Waals surface area contributed by atoms with Gasteiger partial charge in [-0.3, -0.25) is 13.9 Å². The van der Waals surface area contributed by atoms with Crippen molar-refractivity contribution in [3.05, 3.63) is 28.6 Å². The number of hydrogen-bond donors (Lipinski definition) is 3. The van der Waals surface area contributed by atoms with Crippen molar-refractivity contribution in [2.45, 2.75) is 31.5 Å². The van der Waals surface area contributed by atoms with Crippen LogP contribution in [-0.2, 0) is 11.8 Å². The zero-order valence-corrected chi connectivity index (χ0v) is 13.1. The van der Waals surface area contributed by atoms with E-state index in [1.165, 1.54) is 15.3 Å². The molecule has 4 heterocycles. The van der Waals surface area contributed by atoms with Crippen LogP contribution in [0.25, 0.3) is 16.9 Å². The van der Waals surface area contributed by atoms with Crippen LogP contribution < -0.4 is 5.56 Å². The van der Waals surface area contributed by atoms with Crippen LogP contribution in [0.1, 0.15) is 11.9 Å². The van der Waals surface area contributed by atoms with Crippen molar-refractivity contribution in [3.8, 4) is 0 Å². The maximum absolute atomic E-state index is 12.6. The first-order chi connectivity index (χ1) is 11.4. The third-order valence-electron chi connectivity index (χ3n) is 4.41. The fourth-order valence-corrected chi connectivity index (χ4v) is 3.21. The first kappa shape index (κ1) is 15.3. The maximum atomic E-state index is 12.6. The largest absolute Gasteiger partial charge is 0.394 e. The molecule has 0 aromatic carbocycles. The molecule has 128 valence electrons. The average molecular weight is 335 g/mol. The minimum Gasteiger partial charge on any atom is -0.394 e. The number of fused-ring (bicyclic) bond motifs is 2. The molecule has 4 atom stereocenters. The summed E-state index contributed by atoms with van der Waals surface area (Å²) >= 11 is 0. The molecule has 0 unspecified atom stereocenters. The van der Waals surface area contributed by atoms with Gasteiger partial charge in [0.25, 0.3) is 5.56 Å². The first-order valence-corrected chi connectivity index (χ1v) is 7.47. The second-order valence-electron chi connectivity index (χ2n) is 5.97. The van der Waals surface area contributed by atoms with Crippen LogP contribution in [0, 0.1) is 6.92 Å². The Labute approximate surface area is 135 Å². The standard InChI is InChI=1S/C14H17N5O5/c1-6-3-18-12(23)8-11(17(2)14(18)16-6)19(5-15-8)13-10(22)9(21)7(4-20)24-13/h3,5,7,9-10,13,20-22H,4H2,1-2H3/t7-,9+,10-,13-/m0/s1. The molecular formula is C14H17N5O5. The zero-order chi connectivity index (χ0) is 17.2. The van der Waals surface area contributed by atoms with Crippen LogP contribution in [0.15, 0.2) is 17.3 Å². The molecule has 3 aromatic heterocycles. The summed E-state index contributed by atoms with van der Waals surface area (Å²) in [6.45, 7) is 1.36. The number of ether oxygens (including phenoxy) is 1. The van der Waals surface area contributed by atoms with Crippen LogP contribution in [0.2, 0.25) is 0 Å². The highest BCUT2D eigenvalue weighted by atomic mass is 16.6. The van der Waals surface area contributed by atoms with Crippen molar-refractivity contribution in [1.82, 2.24) is 23.5 Å². The summed E-state index contributed by atoms with van der Waals surface area (Å²) in [5, 5.41) is 29.4. The Morgan fingerprint density at radius 1 is 1.33 bits per heavy atom. The van der Waals surface area contributed by atoms with E-state index in [-0.39, 0.29) is 11.1 Å². The van der Waals surface area contributed by atoms with Gasteiger partial charge in [0.05, 0.1) is 18.6 Å². The summed E-state index contributed by atoms with van der Waals surface area (Å²) in [5.74, 6) is 0.429. The third-order valence-corrected chi connectivity index (χ3v) is 4.41. The molecule has 0 bridgehead atoms. The normalized spacial score (nSPS) is 27.5. The molecule has 0 saturated carbocycles. The number of aromatic nitrogens is 5. The van der Waals surface area contributed by atoms with E-state index in [2.05, 4.69) is 9.97 Å². The van der Waals surface area contributed by atoms with Crippen molar-refractivity contribution in [2.75, 3.05) is 6.61 Å². The number of aliphatic hydroxyl groups is 3. The summed E-state index contributed by atoms with van der Waals surface area (Å²) < 4.78 is 10.1. The molecule has 0 spiro atoms. The molecule has 1 saturated heterocycles. The lowest BCUT2D eigenvalue weighted by Crippen LogP contribution is -2.33. The Bertz CT molecular complexity index is 989. The van der Waals surface area contributed by atoms with Gasteiger partial charge in [0, 0.05) is 13.2 Å². The van der Waals surface area contributed by atoms with E-state index >= 15 is 0 Å². The van der Waals surface area contributed by atoms with Gasteiger partial charge < -0.3 is 20.1 Å². The second kappa shape index (κ2) is 5.11. The molecule has 24 heavy (non-hydrogen) atoms. The number of hydrogen-bond acceptors (Lipinski definition) is 7. The predicted molar refractivity (Wildman–Crippen MR) is 81.5 cm³/mol. The van der Waals surface area contributed by atoms with Gasteiger partial charge in [0.15, 0.2) is 17.4 Å². The van der Waals surface area contributed by atoms with Gasteiger partial charge >= 0.3 is 0 Å². The Balaban J connectivity index is 1.97. The lowest BCUT2D eigenvalue weighted by Gasteiger charge is -2.18. The molecule has 0 amide bonds. The Hall–Kier alpha value is -2.27. The molecule has 3 aromatic rings. The highest BCUT2D eigenvalue weighted by Crippen LogP contribution is 2.31. The lowest BCUT2D eigenvalue weighted by atomic mass is 10.1. The topological polar surface area (TPSA) is 127 Å². The Morgan fingerprint density at radius 3 is 2.75 bits per heavy atom. The van der Waals surface area contributed by atoms with Gasteiger partial charge in [-0.15, -0.1) is 0 Å². The second-order valence-corrected chi connectivity index (χ2v) is 5.97. The van der Waals surface area contributed by atoms with E-state index < -0.39 is 31.1 Å². The summed E-state index contributed by atoms with van der Waals surface area (Å²) in [6, 6.07) is 0. The molecule has 4 rings (SSSR count). The summed E-state index contributed by atoms with van der Waals surface area (Å²) in [6.07, 6.45) is -1.36. The number of nitrogens with zero attached hydrogens (tertiary/aromatic N) is 5. The number of aryl methyl sites for hydroxylation is 2. The van der Waals surface area contributed by atoms with Crippen molar-refractivity contribution < 1.29 is 20.1 Å². The van der Waals surface area contributed by atoms with E-state index in [4.69, 9.17) is 4.74 Å². The Morgan fingerprint density at radius 2 is 2.08 bits per heavy atom. The van der Waals surface area contributed by atoms with E-state index in [0.717, 1.165) is 0 Å². The van der Waals surface area contributed by atoms with Gasteiger partial charge in [-0.05, 0) is 6.92 Å². The molecule has 3 N–H and O–H groups in total. The fraction of sp³-hybridized carbons (Fsp3) is 0.500. The van der Waals surface area contributed by atoms with Crippen LogP contribution in [-0.4, -0.2) is 63.7 Å². The fourth-order valence-electron chi connectivity index (χ4n) is 3.21. The molecule has 10 nitrogen and oxygen atoms in total. The average Bonchev–Trinajstić information content (AvgIpc) is 3.23. The minimum absolute atomic E-state index is 0.195. The smallest absolute Gasteiger partial charge is 0.287 e. The van der Waals surface area contributed by atoms with Crippen molar-refractivity contribution in [3.63, 3.8) is 0 Å². The molecule has 1 fully saturated rings. The third kappa shape index (κ3) is 1.88. The summed E-state index contributed by atoms with van der Waals surface area (Å²) in [4.78, 5) is 21.1. The van der Waals surface area contributed by atoms with E-state index in [0.29, 0.717) is 17.1 Å². The quantitative estimate of drug-likeness (QED) is 0.509. The van der Waals surface area contributed by atoms with Crippen LogP contribution in [0.3, 0.4) is 0 Å². The Kier molecular flexibility index (Phi) is 3.25. The molecule has 1 aliphatic heterocycles. The van der Waals surface area contributed by atoms with E-state index in [1.54, 1.807) is 24.7 Å². The summed E-state index contributed by atoms with van der Waals surface area (Å²) in [7, 11) is 1.73. The van der Waals surface area contributed by atoms with Gasteiger partial charge in [-0.2, -0.15) is 0 Å². The molecular weight excluding hydrogens is 318 g/mol. The van der Waals surface area contributed by atoms with Crippen molar-refractivity contribution in [2.24, 2.45) is 7.05 Å². The van der Waals surface area contributed by atoms with E-state index in [9.17, 15) is 20.1 Å². The van der Waals surface area contributed by atoms with Crippen LogP contribution >= 0.6 is 0 Å². The number of rotatable bonds is 2. The monoisotopic (exact) mass is 335 g/mol. The van der Waals surface area contributed by atoms with Crippen molar-refractivity contribution in [1.29, 1.82) is 0 Å². The highest BCUT2D eigenvalue weighted by Gasteiger charge is 2.44. The highest BCUT2D eigenvalue weighted by molar-refractivity contribution is 5.73. The summed E-state index contributed by atoms with van der Waals surface area (Å²) in [5.41, 5.74) is 0.965. The van der Waals surface area contributed by atoms with Crippen molar-refractivity contribution >= 4 is 16.9 Å². The van der Waals surface area contributed by atoms with Gasteiger partial charge in [0.2, 0.25) is 5.78 Å². The maximum Gasteiger partial charge on any atom is 0.287 e. The number of aliphatic hydroxyl groups excluding tert-OH is 3.